The molecule has 0 aliphatic rings. The van der Waals surface area contributed by atoms with Crippen molar-refractivity contribution >= 4 is 11.9 Å². The van der Waals surface area contributed by atoms with E-state index in [1.165, 1.54) is 24.3 Å². The minimum Gasteiger partial charge on any atom is -0.289 e. The third kappa shape index (κ3) is 4.47. The summed E-state index contributed by atoms with van der Waals surface area (Å²) in [5.41, 5.74) is 0.938. The molecule has 0 saturated carbocycles. The maximum absolute atomic E-state index is 12.7. The SMILES string of the molecule is O=C(C=Cc1cnn(Cc2ccccc2)c1)c1cccc(C(F)(F)F)c1. The van der Waals surface area contributed by atoms with E-state index in [-0.39, 0.29) is 5.56 Å². The van der Waals surface area contributed by atoms with Crippen molar-refractivity contribution in [3.8, 4) is 0 Å². The molecule has 0 saturated heterocycles. The largest absolute Gasteiger partial charge is 0.416 e. The maximum atomic E-state index is 12.7. The Morgan fingerprint density at radius 2 is 1.85 bits per heavy atom. The number of carbonyl (C=O) groups is 1. The Kier molecular flexibility index (Phi) is 5.02. The van der Waals surface area contributed by atoms with Gasteiger partial charge in [0.15, 0.2) is 5.78 Å². The number of alkyl halides is 3. The number of nitrogens with zero attached hydrogens (tertiary/aromatic N) is 2. The monoisotopic (exact) mass is 356 g/mol. The van der Waals surface area contributed by atoms with Crippen LogP contribution in [0.1, 0.15) is 27.0 Å². The van der Waals surface area contributed by atoms with Crippen LogP contribution >= 0.6 is 0 Å². The van der Waals surface area contributed by atoms with E-state index >= 15 is 0 Å². The highest BCUT2D eigenvalue weighted by Gasteiger charge is 2.30. The molecule has 0 aliphatic heterocycles. The number of carbonyl (C=O) groups excluding carboxylic acids is 1. The summed E-state index contributed by atoms with van der Waals surface area (Å²) in [4.78, 5) is 12.1. The van der Waals surface area contributed by atoms with Gasteiger partial charge in [-0.05, 0) is 29.8 Å². The van der Waals surface area contributed by atoms with Gasteiger partial charge >= 0.3 is 6.18 Å². The van der Waals surface area contributed by atoms with Gasteiger partial charge in [-0.2, -0.15) is 18.3 Å². The van der Waals surface area contributed by atoms with Gasteiger partial charge in [-0.1, -0.05) is 42.5 Å². The first kappa shape index (κ1) is 17.7. The van der Waals surface area contributed by atoms with Crippen LogP contribution in [0.3, 0.4) is 0 Å². The second-order valence-corrected chi connectivity index (χ2v) is 5.73. The van der Waals surface area contributed by atoms with Crippen LogP contribution in [0.2, 0.25) is 0 Å². The minimum absolute atomic E-state index is 0.00671. The molecule has 0 atom stereocenters. The predicted molar refractivity (Wildman–Crippen MR) is 92.6 cm³/mol. The van der Waals surface area contributed by atoms with E-state index in [1.807, 2.05) is 30.3 Å². The molecule has 0 fully saturated rings. The fourth-order valence-electron chi connectivity index (χ4n) is 2.44. The molecule has 1 aromatic heterocycles. The van der Waals surface area contributed by atoms with Crippen molar-refractivity contribution in [2.75, 3.05) is 0 Å². The minimum atomic E-state index is -4.47. The van der Waals surface area contributed by atoms with Crippen molar-refractivity contribution in [1.29, 1.82) is 0 Å². The van der Waals surface area contributed by atoms with Gasteiger partial charge in [0.1, 0.15) is 0 Å². The molecule has 6 heteroatoms. The summed E-state index contributed by atoms with van der Waals surface area (Å²) < 4.78 is 39.9. The molecule has 0 bridgehead atoms. The van der Waals surface area contributed by atoms with Crippen LogP contribution in [0.4, 0.5) is 13.2 Å². The molecule has 0 unspecified atom stereocenters. The lowest BCUT2D eigenvalue weighted by Gasteiger charge is -2.06. The Morgan fingerprint density at radius 3 is 2.58 bits per heavy atom. The molecule has 0 N–H and O–H groups in total. The average molecular weight is 356 g/mol. The van der Waals surface area contributed by atoms with Crippen LogP contribution in [0.15, 0.2) is 73.1 Å². The third-order valence-electron chi connectivity index (χ3n) is 3.74. The molecular weight excluding hydrogens is 341 g/mol. The Labute approximate surface area is 148 Å². The summed E-state index contributed by atoms with van der Waals surface area (Å²) in [5.74, 6) is -0.494. The highest BCUT2D eigenvalue weighted by atomic mass is 19.4. The lowest BCUT2D eigenvalue weighted by molar-refractivity contribution is -0.137. The predicted octanol–water partition coefficient (Wildman–Crippen LogP) is 4.85. The fraction of sp³-hybridized carbons (Fsp3) is 0.100. The van der Waals surface area contributed by atoms with Crippen LogP contribution in [-0.2, 0) is 12.7 Å². The van der Waals surface area contributed by atoms with Crippen molar-refractivity contribution in [3.63, 3.8) is 0 Å². The first-order chi connectivity index (χ1) is 12.4. The zero-order valence-electron chi connectivity index (χ0n) is 13.6. The number of hydrogen-bond acceptors (Lipinski definition) is 2. The molecule has 0 amide bonds. The third-order valence-corrected chi connectivity index (χ3v) is 3.74. The summed E-state index contributed by atoms with van der Waals surface area (Å²) in [6, 6.07) is 14.1. The molecule has 3 aromatic rings. The summed E-state index contributed by atoms with van der Waals surface area (Å²) in [6.07, 6.45) is 1.68. The number of hydrogen-bond donors (Lipinski definition) is 0. The number of halogens is 3. The van der Waals surface area contributed by atoms with E-state index in [4.69, 9.17) is 0 Å². The second kappa shape index (κ2) is 7.39. The Bertz CT molecular complexity index is 927. The Balaban J connectivity index is 1.69. The van der Waals surface area contributed by atoms with E-state index in [0.29, 0.717) is 12.1 Å². The van der Waals surface area contributed by atoms with Crippen LogP contribution in [-0.4, -0.2) is 15.6 Å². The van der Waals surface area contributed by atoms with Gasteiger partial charge in [-0.3, -0.25) is 9.48 Å². The number of aromatic nitrogens is 2. The summed E-state index contributed by atoms with van der Waals surface area (Å²) in [5, 5.41) is 4.21. The lowest BCUT2D eigenvalue weighted by atomic mass is 10.1. The van der Waals surface area contributed by atoms with Gasteiger partial charge in [0.05, 0.1) is 18.3 Å². The molecule has 0 spiro atoms. The lowest BCUT2D eigenvalue weighted by Crippen LogP contribution is -2.06. The Morgan fingerprint density at radius 1 is 1.08 bits per heavy atom. The first-order valence-corrected chi connectivity index (χ1v) is 7.88. The Hall–Kier alpha value is -3.15. The van der Waals surface area contributed by atoms with Crippen LogP contribution in [0.25, 0.3) is 6.08 Å². The molecule has 3 nitrogen and oxygen atoms in total. The van der Waals surface area contributed by atoms with Crippen LogP contribution < -0.4 is 0 Å². The zero-order valence-corrected chi connectivity index (χ0v) is 13.6. The summed E-state index contributed by atoms with van der Waals surface area (Å²) >= 11 is 0. The zero-order chi connectivity index (χ0) is 18.6. The molecule has 132 valence electrons. The van der Waals surface area contributed by atoms with Gasteiger partial charge in [0.25, 0.3) is 0 Å². The standard InChI is InChI=1S/C20H15F3N2O/c21-20(22,23)18-8-4-7-17(11-18)19(26)10-9-16-12-24-25(14-16)13-15-5-2-1-3-6-15/h1-12,14H,13H2. The van der Waals surface area contributed by atoms with E-state index in [0.717, 1.165) is 17.7 Å². The first-order valence-electron chi connectivity index (χ1n) is 7.88. The van der Waals surface area contributed by atoms with Crippen molar-refractivity contribution in [2.24, 2.45) is 0 Å². The average Bonchev–Trinajstić information content (AvgIpc) is 3.07. The summed E-state index contributed by atoms with van der Waals surface area (Å²) in [7, 11) is 0. The number of rotatable bonds is 5. The molecule has 26 heavy (non-hydrogen) atoms. The van der Waals surface area contributed by atoms with Gasteiger partial charge in [0, 0.05) is 17.3 Å². The number of allylic oxidation sites excluding steroid dienone is 1. The van der Waals surface area contributed by atoms with Crippen LogP contribution in [0, 0.1) is 0 Å². The molecule has 0 aliphatic carbocycles. The normalized spacial score (nSPS) is 11.8. The molecule has 1 heterocycles. The second-order valence-electron chi connectivity index (χ2n) is 5.73. The van der Waals surface area contributed by atoms with Gasteiger partial charge in [0.2, 0.25) is 0 Å². The quantitative estimate of drug-likeness (QED) is 0.484. The molecule has 0 radical (unpaired) electrons. The number of ketones is 1. The number of benzene rings is 2. The van der Waals surface area contributed by atoms with Crippen molar-refractivity contribution < 1.29 is 18.0 Å². The van der Waals surface area contributed by atoms with Gasteiger partial charge in [-0.25, -0.2) is 0 Å². The summed E-state index contributed by atoms with van der Waals surface area (Å²) in [6.45, 7) is 0.594. The van der Waals surface area contributed by atoms with Crippen molar-refractivity contribution in [3.05, 3.63) is 95.3 Å². The van der Waals surface area contributed by atoms with E-state index in [9.17, 15) is 18.0 Å². The van der Waals surface area contributed by atoms with Gasteiger partial charge < -0.3 is 0 Å². The van der Waals surface area contributed by atoms with Gasteiger partial charge in [-0.15, -0.1) is 0 Å². The molecule has 3 rings (SSSR count). The van der Waals surface area contributed by atoms with E-state index in [1.54, 1.807) is 17.1 Å². The molecular formula is C20H15F3N2O. The van der Waals surface area contributed by atoms with E-state index < -0.39 is 17.5 Å². The van der Waals surface area contributed by atoms with Crippen molar-refractivity contribution in [2.45, 2.75) is 12.7 Å². The van der Waals surface area contributed by atoms with Crippen LogP contribution in [0.5, 0.6) is 0 Å². The maximum Gasteiger partial charge on any atom is 0.416 e. The smallest absolute Gasteiger partial charge is 0.289 e. The van der Waals surface area contributed by atoms with Crippen molar-refractivity contribution in [1.82, 2.24) is 9.78 Å². The molecule has 2 aromatic carbocycles. The fourth-order valence-corrected chi connectivity index (χ4v) is 2.44. The highest BCUT2D eigenvalue weighted by molar-refractivity contribution is 6.06. The highest BCUT2D eigenvalue weighted by Crippen LogP contribution is 2.29. The van der Waals surface area contributed by atoms with E-state index in [2.05, 4.69) is 5.10 Å². The topological polar surface area (TPSA) is 34.9 Å².